The minimum atomic E-state index is -0.869. The number of piperidine rings is 1. The molecule has 2 atom stereocenters. The molecule has 9 nitrogen and oxygen atoms in total. The van der Waals surface area contributed by atoms with Gasteiger partial charge in [-0.2, -0.15) is 0 Å². The Labute approximate surface area is 215 Å². The molecular weight excluding hydrogens is 500 g/mol. The number of likely N-dealkylation sites (tertiary alicyclic amines) is 1. The van der Waals surface area contributed by atoms with Crippen LogP contribution in [0.25, 0.3) is 0 Å². The van der Waals surface area contributed by atoms with Gasteiger partial charge in [-0.05, 0) is 36.4 Å². The van der Waals surface area contributed by atoms with E-state index in [1.54, 1.807) is 46.7 Å². The summed E-state index contributed by atoms with van der Waals surface area (Å²) in [6, 6.07) is 10.5. The van der Waals surface area contributed by atoms with Crippen molar-refractivity contribution in [2.45, 2.75) is 25.4 Å². The minimum Gasteiger partial charge on any atom is -0.475 e. The predicted molar refractivity (Wildman–Crippen MR) is 135 cm³/mol. The zero-order valence-corrected chi connectivity index (χ0v) is 20.9. The number of benzene rings is 1. The molecule has 0 radical (unpaired) electrons. The molecule has 11 heteroatoms. The number of aromatic nitrogens is 1. The van der Waals surface area contributed by atoms with Gasteiger partial charge < -0.3 is 15.4 Å². The van der Waals surface area contributed by atoms with Gasteiger partial charge in [-0.25, -0.2) is 4.98 Å². The molecular formula is C25H24N4O5S2. The zero-order valence-electron chi connectivity index (χ0n) is 19.3. The average Bonchev–Trinajstić information content (AvgIpc) is 3.65. The molecule has 4 heterocycles. The van der Waals surface area contributed by atoms with E-state index in [2.05, 4.69) is 4.98 Å². The molecule has 1 fully saturated rings. The second-order valence-electron chi connectivity index (χ2n) is 8.68. The highest BCUT2D eigenvalue weighted by Gasteiger charge is 2.36. The molecule has 0 bridgehead atoms. The molecule has 1 saturated heterocycles. The maximum absolute atomic E-state index is 13.3. The van der Waals surface area contributed by atoms with Crippen molar-refractivity contribution in [3.63, 3.8) is 0 Å². The summed E-state index contributed by atoms with van der Waals surface area (Å²) in [5, 5.41) is 3.91. The summed E-state index contributed by atoms with van der Waals surface area (Å²) >= 11 is 2.53. The summed E-state index contributed by atoms with van der Waals surface area (Å²) in [5.74, 6) is -0.831. The summed E-state index contributed by atoms with van der Waals surface area (Å²) in [5.41, 5.74) is 6.37. The van der Waals surface area contributed by atoms with Gasteiger partial charge >= 0.3 is 0 Å². The van der Waals surface area contributed by atoms with Gasteiger partial charge in [0.25, 0.3) is 5.91 Å². The number of nitrogens with zero attached hydrogens (tertiary/aromatic N) is 3. The lowest BCUT2D eigenvalue weighted by atomic mass is 9.97. The second kappa shape index (κ2) is 10.2. The number of hydrogen-bond acceptors (Lipinski definition) is 8. The van der Waals surface area contributed by atoms with Crippen molar-refractivity contribution in [3.05, 3.63) is 63.3 Å². The van der Waals surface area contributed by atoms with Crippen LogP contribution in [-0.2, 0) is 9.59 Å². The number of nitrogens with two attached hydrogens (primary N) is 1. The highest BCUT2D eigenvalue weighted by Crippen LogP contribution is 2.38. The van der Waals surface area contributed by atoms with Gasteiger partial charge in [-0.3, -0.25) is 24.1 Å². The van der Waals surface area contributed by atoms with Crippen LogP contribution in [0.5, 0.6) is 5.75 Å². The van der Waals surface area contributed by atoms with E-state index >= 15 is 0 Å². The van der Waals surface area contributed by atoms with E-state index in [1.165, 1.54) is 27.6 Å². The Morgan fingerprint density at radius 1 is 1.17 bits per heavy atom. The van der Waals surface area contributed by atoms with E-state index in [9.17, 15) is 19.2 Å². The molecule has 2 aromatic heterocycles. The first kappa shape index (κ1) is 24.1. The molecule has 1 aromatic carbocycles. The van der Waals surface area contributed by atoms with Gasteiger partial charge in [0.05, 0.1) is 16.4 Å². The first-order chi connectivity index (χ1) is 17.4. The fourth-order valence-corrected chi connectivity index (χ4v) is 5.96. The Bertz CT molecular complexity index is 1310. The van der Waals surface area contributed by atoms with Crippen LogP contribution in [-0.4, -0.2) is 53.0 Å². The van der Waals surface area contributed by atoms with Crippen molar-refractivity contribution in [1.82, 2.24) is 9.88 Å². The van der Waals surface area contributed by atoms with Crippen LogP contribution in [0.3, 0.4) is 0 Å². The number of rotatable bonds is 7. The minimum absolute atomic E-state index is 0.0712. The molecule has 2 N–H and O–H groups in total. The zero-order chi connectivity index (χ0) is 25.2. The van der Waals surface area contributed by atoms with Crippen molar-refractivity contribution < 1.29 is 23.9 Å². The Kier molecular flexibility index (Phi) is 6.84. The number of thiazole rings is 1. The lowest BCUT2D eigenvalue weighted by Crippen LogP contribution is -2.45. The van der Waals surface area contributed by atoms with E-state index in [-0.39, 0.29) is 36.5 Å². The number of ether oxygens (including phenoxy) is 1. The molecule has 3 amide bonds. The number of anilines is 1. The fraction of sp³-hybridized carbons (Fsp3) is 0.320. The number of Topliss-reactive ketones (excluding diaryl/α,β-unsaturated/α-hetero) is 1. The Morgan fingerprint density at radius 3 is 2.75 bits per heavy atom. The van der Waals surface area contributed by atoms with E-state index in [4.69, 9.17) is 10.5 Å². The summed E-state index contributed by atoms with van der Waals surface area (Å²) < 4.78 is 5.83. The van der Waals surface area contributed by atoms with Gasteiger partial charge in [0.1, 0.15) is 11.4 Å². The molecule has 36 heavy (non-hydrogen) atoms. The van der Waals surface area contributed by atoms with E-state index in [0.717, 1.165) is 0 Å². The van der Waals surface area contributed by atoms with Gasteiger partial charge in [0, 0.05) is 31.4 Å². The second-order valence-corrected chi connectivity index (χ2v) is 10.5. The number of ketones is 1. The normalized spacial score (nSPS) is 19.0. The maximum atomic E-state index is 13.3. The quantitative estimate of drug-likeness (QED) is 0.506. The largest absolute Gasteiger partial charge is 0.475 e. The monoisotopic (exact) mass is 524 g/mol. The maximum Gasteiger partial charge on any atom is 0.270 e. The first-order valence-electron chi connectivity index (χ1n) is 11.6. The van der Waals surface area contributed by atoms with Crippen LogP contribution in [0.2, 0.25) is 0 Å². The Balaban J connectivity index is 1.33. The number of thiophene rings is 1. The van der Waals surface area contributed by atoms with Crippen LogP contribution in [0.4, 0.5) is 5.13 Å². The molecule has 0 aliphatic carbocycles. The molecule has 3 aromatic rings. The number of primary amides is 1. The van der Waals surface area contributed by atoms with Crippen LogP contribution in [0, 0.1) is 5.92 Å². The topological polar surface area (TPSA) is 123 Å². The summed E-state index contributed by atoms with van der Waals surface area (Å²) in [4.78, 5) is 58.9. The third-order valence-corrected chi connectivity index (χ3v) is 8.09. The van der Waals surface area contributed by atoms with Crippen LogP contribution in [0.1, 0.15) is 51.1 Å². The number of para-hydroxylation sites is 1. The van der Waals surface area contributed by atoms with Crippen molar-refractivity contribution in [3.8, 4) is 5.75 Å². The van der Waals surface area contributed by atoms with Crippen LogP contribution >= 0.6 is 22.7 Å². The highest BCUT2D eigenvalue weighted by atomic mass is 32.1. The molecule has 2 aliphatic heterocycles. The summed E-state index contributed by atoms with van der Waals surface area (Å²) in [7, 11) is 0. The summed E-state index contributed by atoms with van der Waals surface area (Å²) in [6.07, 6.45) is 0.592. The molecule has 0 spiro atoms. The molecule has 2 unspecified atom stereocenters. The molecule has 186 valence electrons. The predicted octanol–water partition coefficient (Wildman–Crippen LogP) is 3.28. The van der Waals surface area contributed by atoms with Crippen molar-refractivity contribution >= 4 is 51.3 Å². The van der Waals surface area contributed by atoms with E-state index in [1.807, 2.05) is 5.38 Å². The fourth-order valence-electron chi connectivity index (χ4n) is 4.43. The third-order valence-electron chi connectivity index (χ3n) is 6.35. The van der Waals surface area contributed by atoms with Crippen LogP contribution < -0.4 is 15.4 Å². The van der Waals surface area contributed by atoms with Crippen molar-refractivity contribution in [1.29, 1.82) is 0 Å². The van der Waals surface area contributed by atoms with E-state index < -0.39 is 12.0 Å². The van der Waals surface area contributed by atoms with Gasteiger partial charge in [0.15, 0.2) is 5.13 Å². The SMILES string of the molecule is NC(=O)C1CCCN(C(=O)CCN(C(=O)c2cccs2)c2nc(C3Oc4ccccc4C3=O)cs2)C1. The Hall–Kier alpha value is -3.57. The average molecular weight is 525 g/mol. The lowest BCUT2D eigenvalue weighted by molar-refractivity contribution is -0.134. The molecule has 5 rings (SSSR count). The van der Waals surface area contributed by atoms with Gasteiger partial charge in [0.2, 0.25) is 23.7 Å². The van der Waals surface area contributed by atoms with Gasteiger partial charge in [-0.15, -0.1) is 22.7 Å². The standard InChI is InChI=1S/C25H24N4O5S2/c26-23(32)15-5-3-10-28(13-15)20(30)9-11-29(24(33)19-8-4-12-35-19)25-27-17(14-36-25)22-21(31)16-6-1-2-7-18(16)34-22/h1-2,4,6-8,12,14-15,22H,3,5,9-11,13H2,(H2,26,32). The number of carbonyl (C=O) groups excluding carboxylic acids is 4. The third kappa shape index (κ3) is 4.76. The lowest BCUT2D eigenvalue weighted by Gasteiger charge is -2.31. The molecule has 0 saturated carbocycles. The van der Waals surface area contributed by atoms with Crippen LogP contribution in [0.15, 0.2) is 47.2 Å². The number of hydrogen-bond donors (Lipinski definition) is 1. The number of fused-ring (bicyclic) bond motifs is 1. The van der Waals surface area contributed by atoms with Crippen molar-refractivity contribution in [2.24, 2.45) is 11.7 Å². The van der Waals surface area contributed by atoms with Gasteiger partial charge in [-0.1, -0.05) is 18.2 Å². The number of amides is 3. The summed E-state index contributed by atoms with van der Waals surface area (Å²) in [6.45, 7) is 0.973. The number of carbonyl (C=O) groups is 4. The van der Waals surface area contributed by atoms with Crippen molar-refractivity contribution in [2.75, 3.05) is 24.5 Å². The highest BCUT2D eigenvalue weighted by molar-refractivity contribution is 7.14. The molecule has 2 aliphatic rings. The first-order valence-corrected chi connectivity index (χ1v) is 13.4. The smallest absolute Gasteiger partial charge is 0.270 e. The Morgan fingerprint density at radius 2 is 2.00 bits per heavy atom. The van der Waals surface area contributed by atoms with E-state index in [0.29, 0.717) is 52.9 Å².